The summed E-state index contributed by atoms with van der Waals surface area (Å²) in [4.78, 5) is 30.3. The summed E-state index contributed by atoms with van der Waals surface area (Å²) >= 11 is 0. The molecule has 1 amide bonds. The van der Waals surface area contributed by atoms with Crippen molar-refractivity contribution in [1.82, 2.24) is 0 Å². The fourth-order valence-corrected chi connectivity index (χ4v) is 2.92. The molecule has 8 heteroatoms. The summed E-state index contributed by atoms with van der Waals surface area (Å²) in [6.07, 6.45) is 0. The van der Waals surface area contributed by atoms with Crippen LogP contribution in [0.5, 0.6) is 5.75 Å². The molecule has 6 N–H and O–H groups in total. The Bertz CT molecular complexity index is 785. The average molecular weight is 322 g/mol. The Morgan fingerprint density at radius 1 is 1.18 bits per heavy atom. The largest absolute Gasteiger partial charge is 0.506 e. The number of nitrogen functional groups attached to an aromatic ring is 1. The van der Waals surface area contributed by atoms with Gasteiger partial charge in [0.15, 0.2) is 0 Å². The van der Waals surface area contributed by atoms with Gasteiger partial charge < -0.3 is 25.9 Å². The van der Waals surface area contributed by atoms with E-state index in [1.165, 1.54) is 6.92 Å². The second-order valence-electron chi connectivity index (χ2n) is 4.66. The molecule has 0 unspecified atom stereocenters. The molecule has 2 aromatic carbocycles. The number of nitrogens with two attached hydrogens (primary N) is 1. The zero-order chi connectivity index (χ0) is 16.5. The molecule has 2 aromatic rings. The number of rotatable bonds is 3. The molecule has 2 rings (SSSR count). The Labute approximate surface area is 126 Å². The number of carbonyl (C=O) groups excluding carboxylic acids is 1. The maximum atomic E-state index is 11.7. The number of benzene rings is 2. The van der Waals surface area contributed by atoms with Crippen LogP contribution in [0.4, 0.5) is 11.4 Å². The summed E-state index contributed by atoms with van der Waals surface area (Å²) in [5.41, 5.74) is 6.28. The van der Waals surface area contributed by atoms with E-state index in [0.717, 1.165) is 12.1 Å². The summed E-state index contributed by atoms with van der Waals surface area (Å²) < 4.78 is 11.7. The van der Waals surface area contributed by atoms with Gasteiger partial charge in [0.25, 0.3) is 0 Å². The zero-order valence-corrected chi connectivity index (χ0v) is 12.5. The van der Waals surface area contributed by atoms with E-state index in [4.69, 9.17) is 5.73 Å². The number of nitrogens with one attached hydrogen (secondary N) is 1. The molecule has 0 saturated heterocycles. The van der Waals surface area contributed by atoms with Crippen molar-refractivity contribution in [3.8, 4) is 16.9 Å². The standard InChI is InChI=1S/C14H15N2O5P/c1-8(17)16-10-5-3-2-4-9(10)13-12(22(19,20)21)7-6-11(18)14(13)15/h2-7,18H,15H2,1H3,(H,16,17)(H2,19,20,21). The fraction of sp³-hybridized carbons (Fsp3) is 0.0714. The van der Waals surface area contributed by atoms with E-state index in [-0.39, 0.29) is 28.2 Å². The van der Waals surface area contributed by atoms with E-state index in [9.17, 15) is 24.3 Å². The molecule has 22 heavy (non-hydrogen) atoms. The number of phenols is 1. The first-order chi connectivity index (χ1) is 10.2. The van der Waals surface area contributed by atoms with Gasteiger partial charge in [0, 0.05) is 23.7 Å². The van der Waals surface area contributed by atoms with Gasteiger partial charge in [0.2, 0.25) is 5.91 Å². The molecule has 116 valence electrons. The molecule has 0 spiro atoms. The van der Waals surface area contributed by atoms with Crippen LogP contribution in [0, 0.1) is 0 Å². The maximum absolute atomic E-state index is 11.7. The normalized spacial score (nSPS) is 11.2. The maximum Gasteiger partial charge on any atom is 0.356 e. The quantitative estimate of drug-likeness (QED) is 0.329. The predicted molar refractivity (Wildman–Crippen MR) is 83.9 cm³/mol. The highest BCUT2D eigenvalue weighted by Gasteiger charge is 2.26. The first kappa shape index (κ1) is 16.0. The average Bonchev–Trinajstić information content (AvgIpc) is 2.40. The Hall–Kier alpha value is -2.34. The highest BCUT2D eigenvalue weighted by molar-refractivity contribution is 7.60. The van der Waals surface area contributed by atoms with Crippen LogP contribution >= 0.6 is 7.60 Å². The van der Waals surface area contributed by atoms with Gasteiger partial charge in [0.1, 0.15) is 5.75 Å². The van der Waals surface area contributed by atoms with Crippen molar-refractivity contribution in [2.45, 2.75) is 6.92 Å². The van der Waals surface area contributed by atoms with Crippen LogP contribution in [0.3, 0.4) is 0 Å². The van der Waals surface area contributed by atoms with Gasteiger partial charge in [-0.2, -0.15) is 0 Å². The monoisotopic (exact) mass is 322 g/mol. The molecule has 0 aliphatic rings. The Kier molecular flexibility index (Phi) is 4.23. The topological polar surface area (TPSA) is 133 Å². The highest BCUT2D eigenvalue weighted by Crippen LogP contribution is 2.44. The van der Waals surface area contributed by atoms with Gasteiger partial charge in [0.05, 0.1) is 11.0 Å². The lowest BCUT2D eigenvalue weighted by Crippen LogP contribution is -2.13. The van der Waals surface area contributed by atoms with Gasteiger partial charge in [-0.15, -0.1) is 0 Å². The minimum atomic E-state index is -4.63. The third-order valence-corrected chi connectivity index (χ3v) is 4.02. The molecule has 0 bridgehead atoms. The summed E-state index contributed by atoms with van der Waals surface area (Å²) in [6.45, 7) is 1.31. The number of para-hydroxylation sites is 1. The molecule has 0 aliphatic heterocycles. The third-order valence-electron chi connectivity index (χ3n) is 3.02. The van der Waals surface area contributed by atoms with E-state index < -0.39 is 7.60 Å². The van der Waals surface area contributed by atoms with Crippen LogP contribution in [0.15, 0.2) is 36.4 Å². The van der Waals surface area contributed by atoms with Crippen molar-refractivity contribution >= 4 is 30.2 Å². The van der Waals surface area contributed by atoms with Crippen molar-refractivity contribution in [1.29, 1.82) is 0 Å². The number of carbonyl (C=O) groups is 1. The van der Waals surface area contributed by atoms with Crippen molar-refractivity contribution in [3.63, 3.8) is 0 Å². The van der Waals surface area contributed by atoms with E-state index >= 15 is 0 Å². The SMILES string of the molecule is CC(=O)Nc1ccccc1-c1c(P(=O)(O)O)ccc(O)c1N. The van der Waals surface area contributed by atoms with Crippen LogP contribution in [0.2, 0.25) is 0 Å². The smallest absolute Gasteiger partial charge is 0.356 e. The van der Waals surface area contributed by atoms with Crippen LogP contribution < -0.4 is 16.4 Å². The van der Waals surface area contributed by atoms with E-state index in [0.29, 0.717) is 11.3 Å². The van der Waals surface area contributed by atoms with Crippen LogP contribution in [-0.4, -0.2) is 20.8 Å². The fourth-order valence-electron chi connectivity index (χ4n) is 2.12. The molecule has 0 radical (unpaired) electrons. The van der Waals surface area contributed by atoms with Crippen LogP contribution in [-0.2, 0) is 9.36 Å². The lowest BCUT2D eigenvalue weighted by Gasteiger charge is -2.17. The molecule has 0 aromatic heterocycles. The van der Waals surface area contributed by atoms with E-state index in [1.807, 2.05) is 0 Å². The number of phenolic OH excluding ortho intramolecular Hbond substituents is 1. The number of aromatic hydroxyl groups is 1. The second kappa shape index (κ2) is 5.81. The van der Waals surface area contributed by atoms with Crippen molar-refractivity contribution in [2.75, 3.05) is 11.1 Å². The van der Waals surface area contributed by atoms with Crippen molar-refractivity contribution in [2.24, 2.45) is 0 Å². The summed E-state index contributed by atoms with van der Waals surface area (Å²) in [5, 5.41) is 12.0. The molecule has 7 nitrogen and oxygen atoms in total. The summed E-state index contributed by atoms with van der Waals surface area (Å²) in [7, 11) is -4.63. The van der Waals surface area contributed by atoms with Gasteiger partial charge in [-0.05, 0) is 18.2 Å². The number of anilines is 2. The number of amides is 1. The minimum absolute atomic E-state index is 0.00215. The molecular weight excluding hydrogens is 307 g/mol. The third kappa shape index (κ3) is 3.12. The highest BCUT2D eigenvalue weighted by atomic mass is 31.2. The molecule has 0 heterocycles. The summed E-state index contributed by atoms with van der Waals surface area (Å²) in [6, 6.07) is 8.65. The molecule has 0 saturated carbocycles. The summed E-state index contributed by atoms with van der Waals surface area (Å²) in [5.74, 6) is -0.645. The molecule has 0 aliphatic carbocycles. The minimum Gasteiger partial charge on any atom is -0.506 e. The van der Waals surface area contributed by atoms with Gasteiger partial charge in [-0.25, -0.2) is 0 Å². The second-order valence-corrected chi connectivity index (χ2v) is 6.23. The van der Waals surface area contributed by atoms with Gasteiger partial charge in [-0.1, -0.05) is 18.2 Å². The Morgan fingerprint density at radius 2 is 1.82 bits per heavy atom. The lowest BCUT2D eigenvalue weighted by molar-refractivity contribution is -0.114. The lowest BCUT2D eigenvalue weighted by atomic mass is 10.0. The zero-order valence-electron chi connectivity index (χ0n) is 11.6. The Balaban J connectivity index is 2.80. The number of hydrogen-bond acceptors (Lipinski definition) is 4. The first-order valence-corrected chi connectivity index (χ1v) is 7.87. The van der Waals surface area contributed by atoms with Gasteiger partial charge >= 0.3 is 7.60 Å². The first-order valence-electron chi connectivity index (χ1n) is 6.26. The van der Waals surface area contributed by atoms with Crippen LogP contribution in [0.1, 0.15) is 6.92 Å². The molecule has 0 atom stereocenters. The van der Waals surface area contributed by atoms with Crippen molar-refractivity contribution < 1.29 is 24.3 Å². The number of hydrogen-bond donors (Lipinski definition) is 5. The predicted octanol–water partition coefficient (Wildman–Crippen LogP) is 1.40. The Morgan fingerprint density at radius 3 is 2.41 bits per heavy atom. The van der Waals surface area contributed by atoms with Gasteiger partial charge in [-0.3, -0.25) is 9.36 Å². The van der Waals surface area contributed by atoms with E-state index in [1.54, 1.807) is 24.3 Å². The molecule has 0 fully saturated rings. The van der Waals surface area contributed by atoms with Crippen LogP contribution in [0.25, 0.3) is 11.1 Å². The van der Waals surface area contributed by atoms with E-state index in [2.05, 4.69) is 5.32 Å². The van der Waals surface area contributed by atoms with Crippen molar-refractivity contribution in [3.05, 3.63) is 36.4 Å². The molecular formula is C14H15N2O5P.